The van der Waals surface area contributed by atoms with Crippen LogP contribution in [0.5, 0.6) is 0 Å². The van der Waals surface area contributed by atoms with Crippen molar-refractivity contribution >= 4 is 12.0 Å². The van der Waals surface area contributed by atoms with Crippen molar-refractivity contribution in [1.29, 1.82) is 0 Å². The van der Waals surface area contributed by atoms with E-state index in [-0.39, 0.29) is 18.0 Å². The van der Waals surface area contributed by atoms with E-state index in [9.17, 15) is 14.7 Å². The molecule has 1 fully saturated rings. The van der Waals surface area contributed by atoms with Crippen LogP contribution in [0.4, 0.5) is 4.79 Å². The predicted molar refractivity (Wildman–Crippen MR) is 94.8 cm³/mol. The number of fused-ring (bicyclic) bond motifs is 1. The van der Waals surface area contributed by atoms with Crippen molar-refractivity contribution in [3.8, 4) is 0 Å². The fourth-order valence-electron chi connectivity index (χ4n) is 4.22. The van der Waals surface area contributed by atoms with E-state index < -0.39 is 6.09 Å². The molecule has 26 heavy (non-hydrogen) atoms. The molecule has 1 aromatic carbocycles. The summed E-state index contributed by atoms with van der Waals surface area (Å²) in [6.07, 6.45) is 2.88. The van der Waals surface area contributed by atoms with Gasteiger partial charge in [-0.15, -0.1) is 0 Å². The van der Waals surface area contributed by atoms with E-state index in [4.69, 9.17) is 0 Å². The Balaban J connectivity index is 1.64. The molecule has 7 heteroatoms. The summed E-state index contributed by atoms with van der Waals surface area (Å²) in [4.78, 5) is 28.1. The smallest absolute Gasteiger partial charge is 0.407 e. The van der Waals surface area contributed by atoms with E-state index in [0.29, 0.717) is 25.1 Å². The zero-order valence-electron chi connectivity index (χ0n) is 14.7. The van der Waals surface area contributed by atoms with Crippen LogP contribution in [-0.2, 0) is 20.0 Å². The summed E-state index contributed by atoms with van der Waals surface area (Å²) in [5.74, 6) is -0.0385. The Kier molecular flexibility index (Phi) is 4.14. The lowest BCUT2D eigenvalue weighted by molar-refractivity contribution is 0.0327. The zero-order valence-corrected chi connectivity index (χ0v) is 14.7. The van der Waals surface area contributed by atoms with Gasteiger partial charge in [0.05, 0.1) is 36.1 Å². The average Bonchev–Trinajstić information content (AvgIpc) is 3.16. The van der Waals surface area contributed by atoms with Crippen molar-refractivity contribution < 1.29 is 14.7 Å². The van der Waals surface area contributed by atoms with Crippen LogP contribution in [0.1, 0.15) is 34.5 Å². The first-order chi connectivity index (χ1) is 12.6. The zero-order chi connectivity index (χ0) is 18.3. The molecular formula is C19H22N4O3. The minimum atomic E-state index is -0.915. The van der Waals surface area contributed by atoms with Gasteiger partial charge in [0.1, 0.15) is 0 Å². The second-order valence-corrected chi connectivity index (χ2v) is 7.00. The van der Waals surface area contributed by atoms with Crippen LogP contribution in [0.3, 0.4) is 0 Å². The maximum absolute atomic E-state index is 12.9. The molecule has 7 nitrogen and oxygen atoms in total. The summed E-state index contributed by atoms with van der Waals surface area (Å²) in [6.45, 7) is 1.01. The van der Waals surface area contributed by atoms with E-state index in [0.717, 1.165) is 24.1 Å². The summed E-state index contributed by atoms with van der Waals surface area (Å²) in [7, 11) is 1.83. The minimum Gasteiger partial charge on any atom is -0.465 e. The number of piperidine rings is 1. The highest BCUT2D eigenvalue weighted by molar-refractivity contribution is 5.98. The van der Waals surface area contributed by atoms with E-state index >= 15 is 0 Å². The number of rotatable bonds is 3. The second kappa shape index (κ2) is 6.48. The van der Waals surface area contributed by atoms with E-state index in [1.54, 1.807) is 10.9 Å². The number of hydrogen-bond donors (Lipinski definition) is 1. The lowest BCUT2D eigenvalue weighted by Crippen LogP contribution is -2.57. The van der Waals surface area contributed by atoms with Gasteiger partial charge in [-0.1, -0.05) is 30.3 Å². The lowest BCUT2D eigenvalue weighted by atomic mass is 9.90. The molecule has 4 rings (SSSR count). The maximum atomic E-state index is 12.9. The topological polar surface area (TPSA) is 78.7 Å². The molecule has 1 saturated heterocycles. The van der Waals surface area contributed by atoms with Gasteiger partial charge in [0.2, 0.25) is 0 Å². The number of carboxylic acid groups (broad SMARTS) is 1. The molecule has 2 unspecified atom stereocenters. The van der Waals surface area contributed by atoms with Crippen molar-refractivity contribution in [1.82, 2.24) is 19.6 Å². The molecule has 2 aromatic rings. The molecule has 0 spiro atoms. The first-order valence-corrected chi connectivity index (χ1v) is 8.91. The van der Waals surface area contributed by atoms with Crippen LogP contribution in [0.2, 0.25) is 0 Å². The van der Waals surface area contributed by atoms with Gasteiger partial charge in [-0.25, -0.2) is 4.79 Å². The van der Waals surface area contributed by atoms with Crippen molar-refractivity contribution in [3.05, 3.63) is 53.3 Å². The first-order valence-electron chi connectivity index (χ1n) is 8.91. The number of aromatic nitrogens is 2. The number of hydrogen-bond acceptors (Lipinski definition) is 3. The molecule has 136 valence electrons. The molecule has 2 aliphatic heterocycles. The molecule has 1 aromatic heterocycles. The van der Waals surface area contributed by atoms with E-state index in [2.05, 4.69) is 5.10 Å². The molecule has 0 radical (unpaired) electrons. The van der Waals surface area contributed by atoms with Gasteiger partial charge in [0.25, 0.3) is 5.91 Å². The highest BCUT2D eigenvalue weighted by Crippen LogP contribution is 2.32. The quantitative estimate of drug-likeness (QED) is 0.916. The Labute approximate surface area is 151 Å². The highest BCUT2D eigenvalue weighted by Gasteiger charge is 2.43. The molecule has 0 aliphatic carbocycles. The number of benzene rings is 1. The molecule has 2 aliphatic rings. The number of likely N-dealkylation sites (tertiary alicyclic amines) is 1. The molecule has 3 heterocycles. The SMILES string of the molecule is Cn1ncc2c1CN(C1CCCN(C(=O)O)C1Cc1ccccc1)C2=O. The van der Waals surface area contributed by atoms with Gasteiger partial charge in [0.15, 0.2) is 0 Å². The third-order valence-corrected chi connectivity index (χ3v) is 5.55. The van der Waals surface area contributed by atoms with Gasteiger partial charge in [0, 0.05) is 13.6 Å². The van der Waals surface area contributed by atoms with Crippen LogP contribution in [0, 0.1) is 0 Å². The number of nitrogens with zero attached hydrogens (tertiary/aromatic N) is 4. The third kappa shape index (κ3) is 2.73. The van der Waals surface area contributed by atoms with Gasteiger partial charge >= 0.3 is 6.09 Å². The molecule has 0 bridgehead atoms. The Hall–Kier alpha value is -2.83. The van der Waals surface area contributed by atoms with Gasteiger partial charge < -0.3 is 14.9 Å². The fraction of sp³-hybridized carbons (Fsp3) is 0.421. The standard InChI is InChI=1S/C19H22N4O3/c1-21-17-12-23(18(24)14(17)11-20-21)15-8-5-9-22(19(25)26)16(15)10-13-6-3-2-4-7-13/h2-4,6-7,11,15-16H,5,8-10,12H2,1H3,(H,25,26). The normalized spacial score (nSPS) is 22.6. The van der Waals surface area contributed by atoms with Gasteiger partial charge in [-0.2, -0.15) is 5.10 Å². The predicted octanol–water partition coefficient (Wildman–Crippen LogP) is 2.13. The summed E-state index contributed by atoms with van der Waals surface area (Å²) in [5, 5.41) is 13.9. The molecule has 1 N–H and O–H groups in total. The number of aryl methyl sites for hydroxylation is 1. The van der Waals surface area contributed by atoms with E-state index in [1.807, 2.05) is 42.3 Å². The van der Waals surface area contributed by atoms with Crippen LogP contribution in [-0.4, -0.2) is 55.3 Å². The lowest BCUT2D eigenvalue weighted by Gasteiger charge is -2.43. The monoisotopic (exact) mass is 354 g/mol. The molecule has 0 saturated carbocycles. The van der Waals surface area contributed by atoms with Crippen LogP contribution >= 0.6 is 0 Å². The number of carbonyl (C=O) groups excluding carboxylic acids is 1. The Morgan fingerprint density at radius 1 is 1.31 bits per heavy atom. The minimum absolute atomic E-state index is 0.0385. The Bertz CT molecular complexity index is 833. The van der Waals surface area contributed by atoms with Gasteiger partial charge in [-0.3, -0.25) is 9.48 Å². The average molecular weight is 354 g/mol. The van der Waals surface area contributed by atoms with Crippen LogP contribution in [0.25, 0.3) is 0 Å². The van der Waals surface area contributed by atoms with Crippen molar-refractivity contribution in [3.63, 3.8) is 0 Å². The summed E-state index contributed by atoms with van der Waals surface area (Å²) >= 11 is 0. The Morgan fingerprint density at radius 2 is 2.08 bits per heavy atom. The first kappa shape index (κ1) is 16.6. The van der Waals surface area contributed by atoms with Crippen molar-refractivity contribution in [2.75, 3.05) is 6.54 Å². The largest absolute Gasteiger partial charge is 0.465 e. The number of carbonyl (C=O) groups is 2. The van der Waals surface area contributed by atoms with Gasteiger partial charge in [-0.05, 0) is 24.8 Å². The van der Waals surface area contributed by atoms with Crippen LogP contribution < -0.4 is 0 Å². The van der Waals surface area contributed by atoms with Crippen molar-refractivity contribution in [2.24, 2.45) is 7.05 Å². The fourth-order valence-corrected chi connectivity index (χ4v) is 4.22. The summed E-state index contributed by atoms with van der Waals surface area (Å²) < 4.78 is 1.73. The highest BCUT2D eigenvalue weighted by atomic mass is 16.4. The summed E-state index contributed by atoms with van der Waals surface area (Å²) in [5.41, 5.74) is 2.63. The molecule has 2 atom stereocenters. The van der Waals surface area contributed by atoms with Crippen molar-refractivity contribution in [2.45, 2.75) is 37.9 Å². The molecular weight excluding hydrogens is 332 g/mol. The summed E-state index contributed by atoms with van der Waals surface area (Å²) in [6, 6.07) is 9.52. The second-order valence-electron chi connectivity index (χ2n) is 7.00. The third-order valence-electron chi connectivity index (χ3n) is 5.55. The Morgan fingerprint density at radius 3 is 2.77 bits per heavy atom. The molecule has 2 amide bonds. The number of amides is 2. The van der Waals surface area contributed by atoms with Crippen LogP contribution in [0.15, 0.2) is 36.5 Å². The van der Waals surface area contributed by atoms with E-state index in [1.165, 1.54) is 4.90 Å². The maximum Gasteiger partial charge on any atom is 0.407 e.